The lowest BCUT2D eigenvalue weighted by molar-refractivity contribution is 0.712. The average molecular weight is 379 g/mol. The Morgan fingerprint density at radius 1 is 0.571 bits per heavy atom. The first-order chi connectivity index (χ1) is 13.8. The largest absolute Gasteiger partial charge is 0.0725 e. The number of hydrogen-bond donors (Lipinski definition) is 0. The van der Waals surface area contributed by atoms with Crippen molar-refractivity contribution >= 4 is 14.7 Å². The molecule has 0 aliphatic carbocycles. The summed E-state index contributed by atoms with van der Waals surface area (Å²) in [5, 5.41) is 1.57. The molecule has 0 aliphatic heterocycles. The molecule has 0 aliphatic rings. The number of hydrogen-bond acceptors (Lipinski definition) is 0. The minimum absolute atomic E-state index is 0.0238. The van der Waals surface area contributed by atoms with E-state index in [0.717, 1.165) is 6.42 Å². The molecule has 0 radical (unpaired) electrons. The van der Waals surface area contributed by atoms with Crippen LogP contribution in [0.1, 0.15) is 22.3 Å². The van der Waals surface area contributed by atoms with E-state index in [2.05, 4.69) is 122 Å². The molecule has 0 bridgehead atoms. The van der Waals surface area contributed by atoms with E-state index < -0.39 is 9.52 Å². The molecule has 4 aromatic rings. The quantitative estimate of drug-likeness (QED) is 0.415. The van der Waals surface area contributed by atoms with E-state index in [1.54, 1.807) is 5.19 Å². The van der Waals surface area contributed by atoms with Gasteiger partial charge in [0.1, 0.15) is 0 Å². The standard InChI is InChI=1S/C27H26Si/c1-22-13-11-12-20-26(22)28-27(24-16-7-3-8-17-24,25-18-9-4-10-19-25)21-23-14-5-2-6-15-23/h2-20H,21,28H2,1H3. The number of benzene rings is 4. The molecule has 0 fully saturated rings. The van der Waals surface area contributed by atoms with E-state index in [1.807, 2.05) is 0 Å². The molecule has 0 saturated heterocycles. The predicted molar refractivity (Wildman–Crippen MR) is 123 cm³/mol. The lowest BCUT2D eigenvalue weighted by Gasteiger charge is -2.36. The predicted octanol–water partition coefficient (Wildman–Crippen LogP) is 4.98. The van der Waals surface area contributed by atoms with Crippen LogP contribution in [0, 0.1) is 6.92 Å². The lowest BCUT2D eigenvalue weighted by atomic mass is 9.84. The molecule has 1 heteroatoms. The molecule has 0 aromatic heterocycles. The monoisotopic (exact) mass is 378 g/mol. The van der Waals surface area contributed by atoms with Gasteiger partial charge in [0, 0.05) is 5.04 Å². The summed E-state index contributed by atoms with van der Waals surface area (Å²) in [6.45, 7) is 2.26. The summed E-state index contributed by atoms with van der Waals surface area (Å²) in [4.78, 5) is 0. The van der Waals surface area contributed by atoms with E-state index in [0.29, 0.717) is 0 Å². The minimum Gasteiger partial charge on any atom is -0.0634 e. The van der Waals surface area contributed by atoms with Gasteiger partial charge in [-0.3, -0.25) is 0 Å². The van der Waals surface area contributed by atoms with Crippen molar-refractivity contribution in [2.45, 2.75) is 18.4 Å². The fourth-order valence-electron chi connectivity index (χ4n) is 4.23. The molecular formula is C27H26Si. The van der Waals surface area contributed by atoms with Crippen LogP contribution in [0.3, 0.4) is 0 Å². The van der Waals surface area contributed by atoms with Crippen molar-refractivity contribution in [1.29, 1.82) is 0 Å². The van der Waals surface area contributed by atoms with Crippen LogP contribution in [-0.2, 0) is 11.5 Å². The maximum Gasteiger partial charge on any atom is 0.0725 e. The first-order valence-corrected chi connectivity index (χ1v) is 11.4. The van der Waals surface area contributed by atoms with Gasteiger partial charge >= 0.3 is 0 Å². The summed E-state index contributed by atoms with van der Waals surface area (Å²) in [5.41, 5.74) is 5.68. The smallest absolute Gasteiger partial charge is 0.0634 e. The second kappa shape index (κ2) is 8.41. The molecule has 4 aromatic carbocycles. The lowest BCUT2D eigenvalue weighted by Crippen LogP contribution is -2.43. The minimum atomic E-state index is -0.674. The first-order valence-electron chi connectivity index (χ1n) is 9.97. The zero-order chi connectivity index (χ0) is 19.2. The number of aryl methyl sites for hydroxylation is 1. The molecule has 138 valence electrons. The SMILES string of the molecule is Cc1ccccc1[SiH2]C(Cc1ccccc1)(c1ccccc1)c1ccccc1. The van der Waals surface area contributed by atoms with E-state index in [-0.39, 0.29) is 5.04 Å². The van der Waals surface area contributed by atoms with Gasteiger partial charge < -0.3 is 0 Å². The summed E-state index contributed by atoms with van der Waals surface area (Å²) in [6.07, 6.45) is 1.03. The van der Waals surface area contributed by atoms with Crippen LogP contribution in [0.25, 0.3) is 0 Å². The molecule has 0 atom stereocenters. The third-order valence-electron chi connectivity index (χ3n) is 5.75. The van der Waals surface area contributed by atoms with Crippen LogP contribution in [0.15, 0.2) is 115 Å². The molecule has 0 saturated carbocycles. The van der Waals surface area contributed by atoms with Gasteiger partial charge in [-0.2, -0.15) is 0 Å². The molecule has 0 N–H and O–H groups in total. The first kappa shape index (κ1) is 18.5. The molecule has 0 nitrogen and oxygen atoms in total. The highest BCUT2D eigenvalue weighted by Gasteiger charge is 2.35. The van der Waals surface area contributed by atoms with Crippen LogP contribution < -0.4 is 5.19 Å². The Kier molecular flexibility index (Phi) is 5.54. The molecule has 4 rings (SSSR count). The summed E-state index contributed by atoms with van der Waals surface area (Å²) in [6, 6.07) is 42.2. The molecule has 0 unspecified atom stereocenters. The van der Waals surface area contributed by atoms with E-state index in [1.165, 1.54) is 22.3 Å². The van der Waals surface area contributed by atoms with Gasteiger partial charge in [0.25, 0.3) is 0 Å². The maximum atomic E-state index is 2.34. The summed E-state index contributed by atoms with van der Waals surface area (Å²) >= 11 is 0. The van der Waals surface area contributed by atoms with E-state index >= 15 is 0 Å². The van der Waals surface area contributed by atoms with Gasteiger partial charge in [-0.05, 0) is 30.0 Å². The Balaban J connectivity index is 1.92. The Morgan fingerprint density at radius 3 is 1.57 bits per heavy atom. The number of rotatable bonds is 6. The van der Waals surface area contributed by atoms with Crippen molar-refractivity contribution in [3.63, 3.8) is 0 Å². The summed E-state index contributed by atoms with van der Waals surface area (Å²) < 4.78 is 0. The fraction of sp³-hybridized carbons (Fsp3) is 0.111. The highest BCUT2D eigenvalue weighted by Crippen LogP contribution is 2.35. The van der Waals surface area contributed by atoms with Crippen LogP contribution in [0.4, 0.5) is 0 Å². The second-order valence-electron chi connectivity index (χ2n) is 7.58. The molecule has 28 heavy (non-hydrogen) atoms. The van der Waals surface area contributed by atoms with E-state index in [9.17, 15) is 0 Å². The van der Waals surface area contributed by atoms with Crippen molar-refractivity contribution < 1.29 is 0 Å². The van der Waals surface area contributed by atoms with Gasteiger partial charge in [-0.25, -0.2) is 0 Å². The van der Waals surface area contributed by atoms with Crippen molar-refractivity contribution in [3.8, 4) is 0 Å². The van der Waals surface area contributed by atoms with Crippen molar-refractivity contribution in [2.75, 3.05) is 0 Å². The Bertz CT molecular complexity index is 968. The van der Waals surface area contributed by atoms with Crippen molar-refractivity contribution in [2.24, 2.45) is 0 Å². The van der Waals surface area contributed by atoms with Crippen LogP contribution in [0.5, 0.6) is 0 Å². The van der Waals surface area contributed by atoms with Crippen molar-refractivity contribution in [1.82, 2.24) is 0 Å². The zero-order valence-corrected chi connectivity index (χ0v) is 17.8. The molecule has 0 spiro atoms. The van der Waals surface area contributed by atoms with E-state index in [4.69, 9.17) is 0 Å². The third-order valence-corrected chi connectivity index (χ3v) is 8.60. The average Bonchev–Trinajstić information content (AvgIpc) is 2.77. The topological polar surface area (TPSA) is 0 Å². The van der Waals surface area contributed by atoms with Gasteiger partial charge in [-0.15, -0.1) is 0 Å². The summed E-state index contributed by atoms with van der Waals surface area (Å²) in [7, 11) is -0.674. The summed E-state index contributed by atoms with van der Waals surface area (Å²) in [5.74, 6) is 0. The highest BCUT2D eigenvalue weighted by molar-refractivity contribution is 6.58. The Morgan fingerprint density at radius 2 is 1.04 bits per heavy atom. The van der Waals surface area contributed by atoms with Gasteiger partial charge in [0.15, 0.2) is 0 Å². The second-order valence-corrected chi connectivity index (χ2v) is 9.90. The van der Waals surface area contributed by atoms with Gasteiger partial charge in [-0.1, -0.05) is 126 Å². The Hall–Kier alpha value is -2.90. The maximum absolute atomic E-state index is 2.34. The molecule has 0 heterocycles. The normalized spacial score (nSPS) is 11.8. The third kappa shape index (κ3) is 3.85. The Labute approximate surface area is 170 Å². The van der Waals surface area contributed by atoms with Gasteiger partial charge in [0.2, 0.25) is 0 Å². The van der Waals surface area contributed by atoms with Crippen LogP contribution >= 0.6 is 0 Å². The molecule has 0 amide bonds. The van der Waals surface area contributed by atoms with Crippen LogP contribution in [-0.4, -0.2) is 9.52 Å². The highest BCUT2D eigenvalue weighted by atomic mass is 28.2. The van der Waals surface area contributed by atoms with Crippen LogP contribution in [0.2, 0.25) is 0 Å². The van der Waals surface area contributed by atoms with Crippen molar-refractivity contribution in [3.05, 3.63) is 138 Å². The van der Waals surface area contributed by atoms with Gasteiger partial charge in [0.05, 0.1) is 9.52 Å². The zero-order valence-electron chi connectivity index (χ0n) is 16.4. The molecular weight excluding hydrogens is 352 g/mol. The fourth-order valence-corrected chi connectivity index (χ4v) is 6.82.